The number of amides is 1. The molecule has 1 amide bonds. The van der Waals surface area contributed by atoms with Gasteiger partial charge in [0.05, 0.1) is 6.10 Å². The molecule has 0 saturated carbocycles. The SMILES string of the molecule is CCn1cc(Br)cc1C(=O)NCC(O)C(C)C. The Kier molecular flexibility index (Phi) is 5.21. The fourth-order valence-electron chi connectivity index (χ4n) is 1.45. The molecule has 2 N–H and O–H groups in total. The lowest BCUT2D eigenvalue weighted by Gasteiger charge is -2.15. The van der Waals surface area contributed by atoms with Gasteiger partial charge in [-0.2, -0.15) is 0 Å². The summed E-state index contributed by atoms with van der Waals surface area (Å²) in [5.74, 6) is -0.0164. The Hall–Kier alpha value is -0.810. The predicted octanol–water partition coefficient (Wildman–Crippen LogP) is 2.02. The van der Waals surface area contributed by atoms with Gasteiger partial charge < -0.3 is 15.0 Å². The minimum Gasteiger partial charge on any atom is -0.391 e. The third-order valence-electron chi connectivity index (χ3n) is 2.68. The lowest BCUT2D eigenvalue weighted by molar-refractivity contribution is 0.0863. The summed E-state index contributed by atoms with van der Waals surface area (Å²) in [6.07, 6.45) is 1.36. The smallest absolute Gasteiger partial charge is 0.268 e. The van der Waals surface area contributed by atoms with E-state index in [1.54, 1.807) is 6.07 Å². The molecule has 1 aromatic rings. The zero-order valence-corrected chi connectivity index (χ0v) is 12.0. The first-order valence-electron chi connectivity index (χ1n) is 5.77. The molecule has 0 radical (unpaired) electrons. The van der Waals surface area contributed by atoms with E-state index in [1.807, 2.05) is 31.5 Å². The van der Waals surface area contributed by atoms with E-state index in [0.29, 0.717) is 5.69 Å². The van der Waals surface area contributed by atoms with Crippen LogP contribution in [0.15, 0.2) is 16.7 Å². The van der Waals surface area contributed by atoms with Crippen molar-refractivity contribution in [3.05, 3.63) is 22.4 Å². The maximum absolute atomic E-state index is 11.9. The number of aliphatic hydroxyl groups excluding tert-OH is 1. The number of halogens is 1. The van der Waals surface area contributed by atoms with Crippen LogP contribution in [0.4, 0.5) is 0 Å². The molecule has 0 fully saturated rings. The van der Waals surface area contributed by atoms with Crippen LogP contribution < -0.4 is 5.32 Å². The van der Waals surface area contributed by atoms with Crippen molar-refractivity contribution >= 4 is 21.8 Å². The molecule has 1 heterocycles. The molecule has 0 aliphatic carbocycles. The number of aliphatic hydroxyl groups is 1. The standard InChI is InChI=1S/C12H19BrN2O2/c1-4-15-7-9(13)5-10(15)12(17)14-6-11(16)8(2)3/h5,7-8,11,16H,4,6H2,1-3H3,(H,14,17). The minimum absolute atomic E-state index is 0.139. The summed E-state index contributed by atoms with van der Waals surface area (Å²) >= 11 is 3.35. The second-order valence-electron chi connectivity index (χ2n) is 4.35. The van der Waals surface area contributed by atoms with Gasteiger partial charge in [-0.25, -0.2) is 0 Å². The van der Waals surface area contributed by atoms with Crippen LogP contribution in [0.5, 0.6) is 0 Å². The number of rotatable bonds is 5. The van der Waals surface area contributed by atoms with Crippen molar-refractivity contribution in [2.75, 3.05) is 6.54 Å². The highest BCUT2D eigenvalue weighted by atomic mass is 79.9. The summed E-state index contributed by atoms with van der Waals surface area (Å²) in [4.78, 5) is 11.9. The van der Waals surface area contributed by atoms with Gasteiger partial charge >= 0.3 is 0 Å². The van der Waals surface area contributed by atoms with E-state index in [4.69, 9.17) is 0 Å². The van der Waals surface area contributed by atoms with Crippen molar-refractivity contribution in [1.29, 1.82) is 0 Å². The van der Waals surface area contributed by atoms with Crippen LogP contribution in [0.25, 0.3) is 0 Å². The van der Waals surface area contributed by atoms with Gasteiger partial charge in [0.2, 0.25) is 0 Å². The molecule has 1 unspecified atom stereocenters. The van der Waals surface area contributed by atoms with E-state index in [0.717, 1.165) is 11.0 Å². The van der Waals surface area contributed by atoms with Crippen LogP contribution in [-0.2, 0) is 6.54 Å². The van der Waals surface area contributed by atoms with Gasteiger partial charge in [0.1, 0.15) is 5.69 Å². The largest absolute Gasteiger partial charge is 0.391 e. The number of carbonyl (C=O) groups is 1. The van der Waals surface area contributed by atoms with E-state index >= 15 is 0 Å². The van der Waals surface area contributed by atoms with Crippen molar-refractivity contribution in [3.63, 3.8) is 0 Å². The average molecular weight is 303 g/mol. The topological polar surface area (TPSA) is 54.3 Å². The Morgan fingerprint density at radius 2 is 2.24 bits per heavy atom. The molecule has 1 aromatic heterocycles. The maximum Gasteiger partial charge on any atom is 0.268 e. The van der Waals surface area contributed by atoms with Crippen molar-refractivity contribution in [2.45, 2.75) is 33.4 Å². The Labute approximate surface area is 110 Å². The van der Waals surface area contributed by atoms with Gasteiger partial charge in [0.25, 0.3) is 5.91 Å². The highest BCUT2D eigenvalue weighted by Crippen LogP contribution is 2.14. The number of nitrogens with one attached hydrogen (secondary N) is 1. The molecule has 1 atom stereocenters. The van der Waals surface area contributed by atoms with Crippen LogP contribution >= 0.6 is 15.9 Å². The van der Waals surface area contributed by atoms with E-state index in [2.05, 4.69) is 21.2 Å². The summed E-state index contributed by atoms with van der Waals surface area (Å²) in [5, 5.41) is 12.4. The lowest BCUT2D eigenvalue weighted by Crippen LogP contribution is -2.35. The van der Waals surface area contributed by atoms with Gasteiger partial charge in [-0.1, -0.05) is 13.8 Å². The molecular formula is C12H19BrN2O2. The molecule has 0 bridgehead atoms. The van der Waals surface area contributed by atoms with Gasteiger partial charge in [0, 0.05) is 23.8 Å². The summed E-state index contributed by atoms with van der Waals surface area (Å²) in [5.41, 5.74) is 0.607. The lowest BCUT2D eigenvalue weighted by atomic mass is 10.1. The zero-order chi connectivity index (χ0) is 13.0. The molecular weight excluding hydrogens is 284 g/mol. The van der Waals surface area contributed by atoms with E-state index in [-0.39, 0.29) is 18.4 Å². The normalized spacial score (nSPS) is 12.8. The molecule has 4 nitrogen and oxygen atoms in total. The average Bonchev–Trinajstić information content (AvgIpc) is 2.66. The first-order chi connectivity index (χ1) is 7.95. The van der Waals surface area contributed by atoms with Crippen molar-refractivity contribution < 1.29 is 9.90 Å². The minimum atomic E-state index is -0.507. The van der Waals surface area contributed by atoms with Crippen LogP contribution in [0, 0.1) is 5.92 Å². The van der Waals surface area contributed by atoms with Gasteiger partial charge in [0.15, 0.2) is 0 Å². The van der Waals surface area contributed by atoms with Crippen molar-refractivity contribution in [2.24, 2.45) is 5.92 Å². The maximum atomic E-state index is 11.9. The molecule has 0 aromatic carbocycles. The number of hydrogen-bond donors (Lipinski definition) is 2. The Balaban J connectivity index is 2.63. The fourth-order valence-corrected chi connectivity index (χ4v) is 1.91. The van der Waals surface area contributed by atoms with E-state index < -0.39 is 6.10 Å². The quantitative estimate of drug-likeness (QED) is 0.874. The Morgan fingerprint density at radius 1 is 1.59 bits per heavy atom. The zero-order valence-electron chi connectivity index (χ0n) is 10.4. The molecule has 96 valence electrons. The highest BCUT2D eigenvalue weighted by molar-refractivity contribution is 9.10. The molecule has 0 spiro atoms. The number of aryl methyl sites for hydroxylation is 1. The van der Waals surface area contributed by atoms with Crippen LogP contribution in [-0.4, -0.2) is 28.2 Å². The van der Waals surface area contributed by atoms with E-state index in [9.17, 15) is 9.90 Å². The van der Waals surface area contributed by atoms with Crippen molar-refractivity contribution in [1.82, 2.24) is 9.88 Å². The Bertz CT molecular complexity index is 388. The number of nitrogens with zero attached hydrogens (tertiary/aromatic N) is 1. The molecule has 0 saturated heterocycles. The van der Waals surface area contributed by atoms with Crippen LogP contribution in [0.2, 0.25) is 0 Å². The number of aromatic nitrogens is 1. The summed E-state index contributed by atoms with van der Waals surface area (Å²) in [7, 11) is 0. The highest BCUT2D eigenvalue weighted by Gasteiger charge is 2.15. The number of carbonyl (C=O) groups excluding carboxylic acids is 1. The van der Waals surface area contributed by atoms with E-state index in [1.165, 1.54) is 0 Å². The first-order valence-corrected chi connectivity index (χ1v) is 6.57. The summed E-state index contributed by atoms with van der Waals surface area (Å²) < 4.78 is 2.75. The second-order valence-corrected chi connectivity index (χ2v) is 5.27. The molecule has 5 heteroatoms. The van der Waals surface area contributed by atoms with Gasteiger partial charge in [-0.3, -0.25) is 4.79 Å². The third kappa shape index (κ3) is 3.85. The van der Waals surface area contributed by atoms with Crippen LogP contribution in [0.3, 0.4) is 0 Å². The number of hydrogen-bond acceptors (Lipinski definition) is 2. The molecule has 17 heavy (non-hydrogen) atoms. The third-order valence-corrected chi connectivity index (χ3v) is 3.11. The summed E-state index contributed by atoms with van der Waals surface area (Å²) in [6.45, 7) is 6.83. The van der Waals surface area contributed by atoms with Crippen molar-refractivity contribution in [3.8, 4) is 0 Å². The Morgan fingerprint density at radius 3 is 2.76 bits per heavy atom. The first kappa shape index (κ1) is 14.3. The monoisotopic (exact) mass is 302 g/mol. The summed E-state index contributed by atoms with van der Waals surface area (Å²) in [6, 6.07) is 1.78. The van der Waals surface area contributed by atoms with Gasteiger partial charge in [-0.15, -0.1) is 0 Å². The van der Waals surface area contributed by atoms with Crippen LogP contribution in [0.1, 0.15) is 31.3 Å². The molecule has 1 rings (SSSR count). The second kappa shape index (κ2) is 6.21. The van der Waals surface area contributed by atoms with Gasteiger partial charge in [-0.05, 0) is 34.8 Å². The molecule has 0 aliphatic heterocycles. The molecule has 0 aliphatic rings. The predicted molar refractivity (Wildman–Crippen MR) is 71.0 cm³/mol. The fraction of sp³-hybridized carbons (Fsp3) is 0.583.